The number of anilines is 1. The Morgan fingerprint density at radius 2 is 1.95 bits per heavy atom. The summed E-state index contributed by atoms with van der Waals surface area (Å²) in [6, 6.07) is 6.44. The standard InChI is InChI=1S/C13H7BrF2N2O2/c14-10-4-3-9(19-10)12-11(13(17)18-20-12)7-2-1-6(15)5-8(7)16/h1-5H,(H2,17,18). The molecule has 3 aromatic rings. The molecule has 2 N–H and O–H groups in total. The van der Waals surface area contributed by atoms with Crippen LogP contribution < -0.4 is 5.73 Å². The van der Waals surface area contributed by atoms with Gasteiger partial charge in [0, 0.05) is 11.6 Å². The van der Waals surface area contributed by atoms with Gasteiger partial charge >= 0.3 is 0 Å². The molecule has 2 heterocycles. The van der Waals surface area contributed by atoms with Crippen molar-refractivity contribution in [3.8, 4) is 22.6 Å². The summed E-state index contributed by atoms with van der Waals surface area (Å²) in [6.45, 7) is 0. The molecule has 0 saturated carbocycles. The van der Waals surface area contributed by atoms with Crippen molar-refractivity contribution >= 4 is 21.7 Å². The fraction of sp³-hybridized carbons (Fsp3) is 0. The molecule has 102 valence electrons. The first-order valence-electron chi connectivity index (χ1n) is 5.52. The van der Waals surface area contributed by atoms with Crippen LogP contribution in [-0.4, -0.2) is 5.16 Å². The number of nitrogens with zero attached hydrogens (tertiary/aromatic N) is 1. The van der Waals surface area contributed by atoms with E-state index in [0.717, 1.165) is 12.1 Å². The van der Waals surface area contributed by atoms with Crippen LogP contribution in [0.25, 0.3) is 22.6 Å². The van der Waals surface area contributed by atoms with E-state index in [9.17, 15) is 8.78 Å². The zero-order chi connectivity index (χ0) is 14.3. The predicted molar refractivity (Wildman–Crippen MR) is 71.7 cm³/mol. The topological polar surface area (TPSA) is 65.2 Å². The molecule has 1 aromatic carbocycles. The van der Waals surface area contributed by atoms with Gasteiger partial charge < -0.3 is 14.7 Å². The maximum absolute atomic E-state index is 13.9. The van der Waals surface area contributed by atoms with Gasteiger partial charge in [-0.15, -0.1) is 0 Å². The predicted octanol–water partition coefficient (Wildman–Crippen LogP) is 4.22. The van der Waals surface area contributed by atoms with Gasteiger partial charge in [-0.3, -0.25) is 0 Å². The fourth-order valence-corrected chi connectivity index (χ4v) is 2.17. The first-order valence-corrected chi connectivity index (χ1v) is 6.32. The van der Waals surface area contributed by atoms with E-state index in [-0.39, 0.29) is 22.7 Å². The Morgan fingerprint density at radius 3 is 2.60 bits per heavy atom. The van der Waals surface area contributed by atoms with Gasteiger partial charge in [-0.25, -0.2) is 8.78 Å². The summed E-state index contributed by atoms with van der Waals surface area (Å²) in [6.07, 6.45) is 0. The van der Waals surface area contributed by atoms with Crippen molar-refractivity contribution < 1.29 is 17.7 Å². The molecule has 0 spiro atoms. The van der Waals surface area contributed by atoms with Crippen LogP contribution in [0.2, 0.25) is 0 Å². The zero-order valence-electron chi connectivity index (χ0n) is 9.86. The second-order valence-corrected chi connectivity index (χ2v) is 4.78. The first-order chi connectivity index (χ1) is 9.56. The number of hydrogen-bond donors (Lipinski definition) is 1. The maximum atomic E-state index is 13.9. The van der Waals surface area contributed by atoms with Crippen LogP contribution >= 0.6 is 15.9 Å². The van der Waals surface area contributed by atoms with Crippen molar-refractivity contribution in [1.82, 2.24) is 5.16 Å². The highest BCUT2D eigenvalue weighted by molar-refractivity contribution is 9.10. The lowest BCUT2D eigenvalue weighted by Gasteiger charge is -2.02. The van der Waals surface area contributed by atoms with Crippen LogP contribution in [0, 0.1) is 11.6 Å². The monoisotopic (exact) mass is 340 g/mol. The van der Waals surface area contributed by atoms with Gasteiger partial charge in [-0.2, -0.15) is 0 Å². The molecule has 0 radical (unpaired) electrons. The van der Waals surface area contributed by atoms with E-state index in [2.05, 4.69) is 21.1 Å². The first kappa shape index (κ1) is 12.9. The van der Waals surface area contributed by atoms with Gasteiger partial charge in [-0.1, -0.05) is 5.16 Å². The highest BCUT2D eigenvalue weighted by atomic mass is 79.9. The van der Waals surface area contributed by atoms with Gasteiger partial charge in [0.05, 0.1) is 5.56 Å². The Morgan fingerprint density at radius 1 is 1.15 bits per heavy atom. The highest BCUT2D eigenvalue weighted by Gasteiger charge is 2.22. The lowest BCUT2D eigenvalue weighted by Crippen LogP contribution is -1.92. The maximum Gasteiger partial charge on any atom is 0.212 e. The van der Waals surface area contributed by atoms with Crippen LogP contribution in [0.3, 0.4) is 0 Å². The SMILES string of the molecule is Nc1noc(-c2ccc(Br)o2)c1-c1ccc(F)cc1F. The molecule has 4 nitrogen and oxygen atoms in total. The van der Waals surface area contributed by atoms with E-state index < -0.39 is 11.6 Å². The lowest BCUT2D eigenvalue weighted by molar-refractivity contribution is 0.419. The molecule has 3 rings (SSSR count). The average molecular weight is 341 g/mol. The van der Waals surface area contributed by atoms with E-state index in [0.29, 0.717) is 10.4 Å². The van der Waals surface area contributed by atoms with Gasteiger partial charge in [-0.05, 0) is 40.2 Å². The summed E-state index contributed by atoms with van der Waals surface area (Å²) in [5.41, 5.74) is 6.02. The number of furan rings is 1. The Balaban J connectivity index is 2.21. The van der Waals surface area contributed by atoms with Crippen molar-refractivity contribution in [1.29, 1.82) is 0 Å². The molecule has 0 amide bonds. The summed E-state index contributed by atoms with van der Waals surface area (Å²) in [5.74, 6) is -0.924. The third-order valence-electron chi connectivity index (χ3n) is 2.72. The molecule has 0 fully saturated rings. The second kappa shape index (κ2) is 4.75. The molecular formula is C13H7BrF2N2O2. The molecule has 0 aliphatic heterocycles. The Labute approximate surface area is 120 Å². The normalized spacial score (nSPS) is 10.9. The minimum Gasteiger partial charge on any atom is -0.446 e. The molecule has 20 heavy (non-hydrogen) atoms. The molecule has 2 aromatic heterocycles. The third kappa shape index (κ3) is 2.09. The van der Waals surface area contributed by atoms with Crippen molar-refractivity contribution in [2.24, 2.45) is 0 Å². The van der Waals surface area contributed by atoms with Gasteiger partial charge in [0.2, 0.25) is 5.76 Å². The van der Waals surface area contributed by atoms with E-state index in [1.165, 1.54) is 6.07 Å². The van der Waals surface area contributed by atoms with E-state index in [4.69, 9.17) is 14.7 Å². The van der Waals surface area contributed by atoms with Crippen LogP contribution in [0.5, 0.6) is 0 Å². The molecule has 0 atom stereocenters. The molecule has 0 unspecified atom stereocenters. The van der Waals surface area contributed by atoms with E-state index in [1.807, 2.05) is 0 Å². The average Bonchev–Trinajstić information content (AvgIpc) is 2.96. The van der Waals surface area contributed by atoms with Crippen molar-refractivity contribution in [3.63, 3.8) is 0 Å². The van der Waals surface area contributed by atoms with Gasteiger partial charge in [0.15, 0.2) is 16.2 Å². The van der Waals surface area contributed by atoms with E-state index >= 15 is 0 Å². The number of nitrogen functional groups attached to an aromatic ring is 1. The fourth-order valence-electron chi connectivity index (χ4n) is 1.86. The highest BCUT2D eigenvalue weighted by Crippen LogP contribution is 2.39. The Hall–Kier alpha value is -2.15. The number of nitrogens with two attached hydrogens (primary N) is 1. The minimum absolute atomic E-state index is 0.00182. The summed E-state index contributed by atoms with van der Waals surface area (Å²) in [7, 11) is 0. The van der Waals surface area contributed by atoms with Crippen LogP contribution in [0.4, 0.5) is 14.6 Å². The van der Waals surface area contributed by atoms with Crippen LogP contribution in [0.1, 0.15) is 0 Å². The largest absolute Gasteiger partial charge is 0.446 e. The number of rotatable bonds is 2. The molecule has 0 aliphatic carbocycles. The second-order valence-electron chi connectivity index (χ2n) is 4.00. The van der Waals surface area contributed by atoms with Gasteiger partial charge in [0.25, 0.3) is 0 Å². The molecule has 7 heteroatoms. The quantitative estimate of drug-likeness (QED) is 0.758. The van der Waals surface area contributed by atoms with Crippen LogP contribution in [-0.2, 0) is 0 Å². The Kier molecular flexibility index (Phi) is 3.06. The molecule has 0 aliphatic rings. The van der Waals surface area contributed by atoms with Crippen molar-refractivity contribution in [3.05, 3.63) is 46.6 Å². The molecular weight excluding hydrogens is 334 g/mol. The summed E-state index contributed by atoms with van der Waals surface area (Å²) < 4.78 is 37.8. The van der Waals surface area contributed by atoms with Crippen molar-refractivity contribution in [2.45, 2.75) is 0 Å². The summed E-state index contributed by atoms with van der Waals surface area (Å²) in [5, 5.41) is 3.61. The van der Waals surface area contributed by atoms with E-state index in [1.54, 1.807) is 12.1 Å². The summed E-state index contributed by atoms with van der Waals surface area (Å²) >= 11 is 3.16. The number of benzene rings is 1. The number of hydrogen-bond acceptors (Lipinski definition) is 4. The molecule has 0 bridgehead atoms. The lowest BCUT2D eigenvalue weighted by atomic mass is 10.0. The Bertz CT molecular complexity index is 783. The molecule has 0 saturated heterocycles. The smallest absolute Gasteiger partial charge is 0.212 e. The third-order valence-corrected chi connectivity index (χ3v) is 3.14. The van der Waals surface area contributed by atoms with Crippen LogP contribution in [0.15, 0.2) is 43.9 Å². The van der Waals surface area contributed by atoms with Gasteiger partial charge in [0.1, 0.15) is 11.6 Å². The van der Waals surface area contributed by atoms with Crippen molar-refractivity contribution in [2.75, 3.05) is 5.73 Å². The number of halogens is 3. The number of aromatic nitrogens is 1. The minimum atomic E-state index is -0.758. The zero-order valence-corrected chi connectivity index (χ0v) is 11.4. The summed E-state index contributed by atoms with van der Waals surface area (Å²) in [4.78, 5) is 0.